The number of carbonyl (C=O) groups excluding carboxylic acids is 2. The Hall–Kier alpha value is -3.77. The van der Waals surface area contributed by atoms with Crippen molar-refractivity contribution in [1.29, 1.82) is 0 Å². The van der Waals surface area contributed by atoms with Gasteiger partial charge in [0.2, 0.25) is 0 Å². The van der Waals surface area contributed by atoms with Crippen molar-refractivity contribution in [3.8, 4) is 5.75 Å². The van der Waals surface area contributed by atoms with Crippen LogP contribution in [0.2, 0.25) is 0 Å². The number of carbonyl (C=O) groups is 2. The van der Waals surface area contributed by atoms with Crippen molar-refractivity contribution in [3.05, 3.63) is 101 Å². The van der Waals surface area contributed by atoms with E-state index in [1.54, 1.807) is 12.1 Å². The highest BCUT2D eigenvalue weighted by Gasteiger charge is 2.36. The second-order valence-electron chi connectivity index (χ2n) is 7.81. The van der Waals surface area contributed by atoms with Gasteiger partial charge in [0.1, 0.15) is 12.4 Å². The van der Waals surface area contributed by atoms with Crippen LogP contribution in [0, 0.1) is 6.92 Å². The molecule has 2 amide bonds. The van der Waals surface area contributed by atoms with Gasteiger partial charge in [-0.15, -0.1) is 0 Å². The third kappa shape index (κ3) is 4.30. The van der Waals surface area contributed by atoms with Crippen molar-refractivity contribution in [2.75, 3.05) is 11.5 Å². The summed E-state index contributed by atoms with van der Waals surface area (Å²) in [7, 11) is 0. The second kappa shape index (κ2) is 9.00. The Bertz CT molecular complexity index is 1360. The summed E-state index contributed by atoms with van der Waals surface area (Å²) < 4.78 is 7.98. The van der Waals surface area contributed by atoms with Gasteiger partial charge in [0.25, 0.3) is 11.1 Å². The second-order valence-corrected chi connectivity index (χ2v) is 8.80. The lowest BCUT2D eigenvalue weighted by molar-refractivity contribution is -0.113. The van der Waals surface area contributed by atoms with Crippen molar-refractivity contribution in [3.63, 3.8) is 0 Å². The fraction of sp³-hybridized carbons (Fsp3) is 0.111. The molecule has 0 N–H and O–H groups in total. The maximum atomic E-state index is 13.1. The van der Waals surface area contributed by atoms with Gasteiger partial charge in [0.05, 0.1) is 17.1 Å². The largest absolute Gasteiger partial charge is 0.492 e. The van der Waals surface area contributed by atoms with E-state index in [2.05, 4.69) is 4.57 Å². The first-order valence-corrected chi connectivity index (χ1v) is 11.5. The molecule has 1 saturated heterocycles. The summed E-state index contributed by atoms with van der Waals surface area (Å²) in [6.45, 7) is 3.15. The van der Waals surface area contributed by atoms with Gasteiger partial charge in [0, 0.05) is 22.7 Å². The molecule has 5 nitrogen and oxygen atoms in total. The molecular formula is C27H22N2O3S. The number of amides is 2. The number of rotatable bonds is 6. The molecule has 1 aliphatic rings. The first-order chi connectivity index (χ1) is 16.1. The van der Waals surface area contributed by atoms with E-state index in [0.717, 1.165) is 39.5 Å². The number of aryl methyl sites for hydroxylation is 1. The minimum atomic E-state index is -0.293. The van der Waals surface area contributed by atoms with E-state index in [9.17, 15) is 9.59 Å². The Kier molecular flexibility index (Phi) is 5.75. The summed E-state index contributed by atoms with van der Waals surface area (Å²) in [5, 5.41) is 0.745. The molecule has 1 fully saturated rings. The summed E-state index contributed by atoms with van der Waals surface area (Å²) in [5.41, 5.74) is 3.62. The number of benzene rings is 3. The number of aromatic nitrogens is 1. The predicted octanol–water partition coefficient (Wildman–Crippen LogP) is 6.27. The number of nitrogens with zero attached hydrogens (tertiary/aromatic N) is 2. The third-order valence-corrected chi connectivity index (χ3v) is 6.41. The van der Waals surface area contributed by atoms with Gasteiger partial charge >= 0.3 is 0 Å². The number of thioether (sulfide) groups is 1. The van der Waals surface area contributed by atoms with Crippen LogP contribution in [0.25, 0.3) is 17.0 Å². The van der Waals surface area contributed by atoms with Crippen LogP contribution in [0.1, 0.15) is 11.1 Å². The van der Waals surface area contributed by atoms with Crippen LogP contribution in [-0.2, 0) is 11.3 Å². The number of hydrogen-bond donors (Lipinski definition) is 0. The summed E-state index contributed by atoms with van der Waals surface area (Å²) in [6, 6.07) is 25.2. The van der Waals surface area contributed by atoms with Crippen molar-refractivity contribution in [2.24, 2.45) is 0 Å². The average molecular weight is 455 g/mol. The smallest absolute Gasteiger partial charge is 0.298 e. The van der Waals surface area contributed by atoms with Crippen molar-refractivity contribution < 1.29 is 14.3 Å². The first kappa shape index (κ1) is 21.1. The number of fused-ring (bicyclic) bond motifs is 1. The lowest BCUT2D eigenvalue weighted by atomic mass is 10.1. The Labute approximate surface area is 196 Å². The predicted molar refractivity (Wildman–Crippen MR) is 134 cm³/mol. The summed E-state index contributed by atoms with van der Waals surface area (Å²) >= 11 is 0.973. The minimum absolute atomic E-state index is 0.282. The van der Waals surface area contributed by atoms with E-state index in [1.807, 2.05) is 85.9 Å². The van der Waals surface area contributed by atoms with Crippen molar-refractivity contribution >= 4 is 45.6 Å². The fourth-order valence-electron chi connectivity index (χ4n) is 3.88. The van der Waals surface area contributed by atoms with Crippen LogP contribution in [0.15, 0.2) is 90.0 Å². The highest BCUT2D eigenvalue weighted by atomic mass is 32.2. The topological polar surface area (TPSA) is 51.5 Å². The molecule has 0 spiro atoms. The monoisotopic (exact) mass is 454 g/mol. The average Bonchev–Trinajstić information content (AvgIpc) is 3.32. The molecule has 5 rings (SSSR count). The van der Waals surface area contributed by atoms with E-state index >= 15 is 0 Å². The van der Waals surface area contributed by atoms with E-state index in [0.29, 0.717) is 23.7 Å². The number of hydrogen-bond acceptors (Lipinski definition) is 4. The SMILES string of the molecule is Cc1ccc(N2C(=O)S/C(=C\c3cn(CCOc4ccccc4)c4ccccc34)C2=O)cc1. The number of imide groups is 1. The lowest BCUT2D eigenvalue weighted by Gasteiger charge is -2.12. The normalized spacial score (nSPS) is 15.1. The van der Waals surface area contributed by atoms with Gasteiger partial charge in [-0.25, -0.2) is 4.90 Å². The molecule has 33 heavy (non-hydrogen) atoms. The van der Waals surface area contributed by atoms with Gasteiger partial charge in [-0.05, 0) is 55.1 Å². The minimum Gasteiger partial charge on any atom is -0.492 e. The van der Waals surface area contributed by atoms with E-state index < -0.39 is 0 Å². The first-order valence-electron chi connectivity index (χ1n) is 10.7. The van der Waals surface area contributed by atoms with Crippen LogP contribution < -0.4 is 9.64 Å². The van der Waals surface area contributed by atoms with Crippen LogP contribution in [-0.4, -0.2) is 22.3 Å². The number of ether oxygens (including phenoxy) is 1. The maximum absolute atomic E-state index is 13.1. The van der Waals surface area contributed by atoms with Crippen LogP contribution in [0.3, 0.4) is 0 Å². The van der Waals surface area contributed by atoms with Gasteiger partial charge in [-0.2, -0.15) is 0 Å². The van der Waals surface area contributed by atoms with Gasteiger partial charge in [0.15, 0.2) is 0 Å². The molecule has 0 saturated carbocycles. The van der Waals surface area contributed by atoms with Crippen molar-refractivity contribution in [1.82, 2.24) is 4.57 Å². The fourth-order valence-corrected chi connectivity index (χ4v) is 4.71. The molecule has 164 valence electrons. The highest BCUT2D eigenvalue weighted by molar-refractivity contribution is 8.19. The zero-order chi connectivity index (χ0) is 22.8. The van der Waals surface area contributed by atoms with E-state index in [-0.39, 0.29) is 11.1 Å². The van der Waals surface area contributed by atoms with Gasteiger partial charge in [-0.1, -0.05) is 54.1 Å². The zero-order valence-electron chi connectivity index (χ0n) is 18.1. The third-order valence-electron chi connectivity index (χ3n) is 5.54. The zero-order valence-corrected chi connectivity index (χ0v) is 18.9. The van der Waals surface area contributed by atoms with Crippen LogP contribution >= 0.6 is 11.8 Å². The molecule has 0 bridgehead atoms. The summed E-state index contributed by atoms with van der Waals surface area (Å²) in [4.78, 5) is 27.3. The Morgan fingerprint density at radius 2 is 1.64 bits per heavy atom. The Morgan fingerprint density at radius 3 is 2.42 bits per heavy atom. The summed E-state index contributed by atoms with van der Waals surface area (Å²) in [5.74, 6) is 0.539. The molecule has 0 radical (unpaired) electrons. The lowest BCUT2D eigenvalue weighted by Crippen LogP contribution is -2.27. The summed E-state index contributed by atoms with van der Waals surface area (Å²) in [6.07, 6.45) is 3.83. The Morgan fingerprint density at radius 1 is 0.909 bits per heavy atom. The van der Waals surface area contributed by atoms with E-state index in [4.69, 9.17) is 4.74 Å². The molecule has 6 heteroatoms. The van der Waals surface area contributed by atoms with E-state index in [1.165, 1.54) is 4.90 Å². The molecule has 1 aliphatic heterocycles. The van der Waals surface area contributed by atoms with Gasteiger partial charge in [-0.3, -0.25) is 9.59 Å². The molecule has 0 unspecified atom stereocenters. The molecular weight excluding hydrogens is 432 g/mol. The molecule has 1 aromatic heterocycles. The van der Waals surface area contributed by atoms with Crippen LogP contribution in [0.4, 0.5) is 10.5 Å². The molecule has 0 aliphatic carbocycles. The van der Waals surface area contributed by atoms with Crippen LogP contribution in [0.5, 0.6) is 5.75 Å². The highest BCUT2D eigenvalue weighted by Crippen LogP contribution is 2.37. The van der Waals surface area contributed by atoms with Gasteiger partial charge < -0.3 is 9.30 Å². The molecule has 0 atom stereocenters. The maximum Gasteiger partial charge on any atom is 0.298 e. The number of anilines is 1. The molecule has 2 heterocycles. The molecule has 3 aromatic carbocycles. The standard InChI is InChI=1S/C27H22N2O3S/c1-19-11-13-21(14-12-19)29-26(30)25(33-27(29)31)17-20-18-28(24-10-6-5-9-23(20)24)15-16-32-22-7-3-2-4-8-22/h2-14,17-18H,15-16H2,1H3/b25-17-. The quantitative estimate of drug-likeness (QED) is 0.322. The Balaban J connectivity index is 1.41. The number of para-hydroxylation sites is 2. The molecule has 4 aromatic rings. The van der Waals surface area contributed by atoms with Crippen molar-refractivity contribution in [2.45, 2.75) is 13.5 Å².